The monoisotopic (exact) mass is 602 g/mol. The van der Waals surface area contributed by atoms with E-state index in [1.807, 2.05) is 38.1 Å². The molecule has 41 heavy (non-hydrogen) atoms. The van der Waals surface area contributed by atoms with Crippen LogP contribution in [0.2, 0.25) is 0 Å². The molecule has 226 valence electrons. The van der Waals surface area contributed by atoms with Crippen molar-refractivity contribution in [2.24, 2.45) is 5.84 Å². The number of alkyl halides is 3. The van der Waals surface area contributed by atoms with Crippen LogP contribution in [0.25, 0.3) is 5.69 Å². The number of carbonyl (C=O) groups is 1. The molecule has 1 aromatic heterocycles. The van der Waals surface area contributed by atoms with Crippen molar-refractivity contribution in [3.8, 4) is 11.8 Å². The largest absolute Gasteiger partial charge is 0.435 e. The number of hydrazine groups is 1. The van der Waals surface area contributed by atoms with E-state index >= 15 is 0 Å². The Balaban J connectivity index is -0.000000154. The SMILES string of the molecule is C.C.CC(=O)CC#N.Cc1ccc(-n2nc(C(F)(F)F)cc2N)cc1.Cc1ccc(NN)cc1.Cl.O=C=O.O=C=O. The Labute approximate surface area is 242 Å². The number of nitrogen functional groups attached to an aromatic ring is 2. The second kappa shape index (κ2) is 25.5. The molecule has 1 heterocycles. The summed E-state index contributed by atoms with van der Waals surface area (Å²) in [5, 5.41) is 11.2. The van der Waals surface area contributed by atoms with Gasteiger partial charge in [0.1, 0.15) is 11.6 Å². The van der Waals surface area contributed by atoms with Crippen molar-refractivity contribution >= 4 is 42.0 Å². The Morgan fingerprint density at radius 1 is 0.951 bits per heavy atom. The Kier molecular flexibility index (Phi) is 28.6. The molecule has 0 saturated heterocycles. The lowest BCUT2D eigenvalue weighted by atomic mass is 10.2. The Morgan fingerprint density at radius 3 is 1.61 bits per heavy atom. The highest BCUT2D eigenvalue weighted by Crippen LogP contribution is 2.30. The zero-order valence-corrected chi connectivity index (χ0v) is 21.8. The molecule has 0 fully saturated rings. The minimum absolute atomic E-state index is 0. The van der Waals surface area contributed by atoms with Gasteiger partial charge >= 0.3 is 18.5 Å². The normalized spacial score (nSPS) is 8.24. The highest BCUT2D eigenvalue weighted by atomic mass is 35.5. The number of nitriles is 1. The van der Waals surface area contributed by atoms with Crippen molar-refractivity contribution in [1.82, 2.24) is 9.78 Å². The molecular weight excluding hydrogens is 569 g/mol. The summed E-state index contributed by atoms with van der Waals surface area (Å²) in [7, 11) is 0. The number of carbonyl (C=O) groups excluding carboxylic acids is 5. The number of benzene rings is 2. The molecule has 0 bridgehead atoms. The van der Waals surface area contributed by atoms with E-state index in [0.717, 1.165) is 22.0 Å². The first-order valence-electron chi connectivity index (χ1n) is 10.2. The predicted octanol–water partition coefficient (Wildman–Crippen LogP) is 5.08. The summed E-state index contributed by atoms with van der Waals surface area (Å²) >= 11 is 0. The predicted molar refractivity (Wildman–Crippen MR) is 148 cm³/mol. The Hall–Kier alpha value is -4.79. The quantitative estimate of drug-likeness (QED) is 0.269. The summed E-state index contributed by atoms with van der Waals surface area (Å²) in [4.78, 5) is 42.3. The average molecular weight is 603 g/mol. The van der Waals surface area contributed by atoms with Crippen LogP contribution in [0.15, 0.2) is 54.6 Å². The van der Waals surface area contributed by atoms with Gasteiger partial charge in [-0.05, 0) is 45.0 Å². The van der Waals surface area contributed by atoms with Gasteiger partial charge in [0.15, 0.2) is 5.69 Å². The van der Waals surface area contributed by atoms with Crippen molar-refractivity contribution in [2.75, 3.05) is 11.2 Å². The third-order valence-corrected chi connectivity index (χ3v) is 3.85. The van der Waals surface area contributed by atoms with Crippen LogP contribution in [0, 0.1) is 25.2 Å². The van der Waals surface area contributed by atoms with Gasteiger partial charge in [-0.3, -0.25) is 10.6 Å². The van der Waals surface area contributed by atoms with Crippen LogP contribution < -0.4 is 17.0 Å². The highest BCUT2D eigenvalue weighted by Gasteiger charge is 2.34. The molecule has 2 aromatic carbocycles. The van der Waals surface area contributed by atoms with Crippen molar-refractivity contribution in [1.29, 1.82) is 5.26 Å². The highest BCUT2D eigenvalue weighted by molar-refractivity contribution is 5.85. The van der Waals surface area contributed by atoms with E-state index in [0.29, 0.717) is 5.69 Å². The fourth-order valence-corrected chi connectivity index (χ4v) is 2.19. The molecule has 15 heteroatoms. The van der Waals surface area contributed by atoms with Gasteiger partial charge < -0.3 is 11.2 Å². The molecule has 0 amide bonds. The number of nitrogens with one attached hydrogen (secondary N) is 1. The maximum atomic E-state index is 12.4. The molecule has 3 aromatic rings. The van der Waals surface area contributed by atoms with Gasteiger partial charge in [0.2, 0.25) is 0 Å². The minimum atomic E-state index is -4.48. The number of halogens is 4. The molecule has 0 aliphatic carbocycles. The van der Waals surface area contributed by atoms with Gasteiger partial charge in [0.05, 0.1) is 18.2 Å². The van der Waals surface area contributed by atoms with Crippen molar-refractivity contribution in [3.05, 3.63) is 71.4 Å². The summed E-state index contributed by atoms with van der Waals surface area (Å²) in [5.41, 5.74) is 10.8. The molecule has 5 N–H and O–H groups in total. The number of anilines is 2. The van der Waals surface area contributed by atoms with Gasteiger partial charge in [-0.2, -0.15) is 42.7 Å². The number of hydrogen-bond donors (Lipinski definition) is 3. The fraction of sp³-hybridized carbons (Fsp3) is 0.269. The summed E-state index contributed by atoms with van der Waals surface area (Å²) in [5.74, 6) is 5.04. The van der Waals surface area contributed by atoms with E-state index in [-0.39, 0.29) is 57.6 Å². The van der Waals surface area contributed by atoms with Gasteiger partial charge in [0, 0.05) is 11.8 Å². The van der Waals surface area contributed by atoms with E-state index in [2.05, 4.69) is 10.5 Å². The molecule has 11 nitrogen and oxygen atoms in total. The summed E-state index contributed by atoms with van der Waals surface area (Å²) in [6.07, 6.45) is -3.94. The lowest BCUT2D eigenvalue weighted by Crippen LogP contribution is -2.07. The molecule has 0 unspecified atom stereocenters. The molecule has 0 aliphatic heterocycles. The van der Waals surface area contributed by atoms with Crippen LogP contribution >= 0.6 is 12.4 Å². The van der Waals surface area contributed by atoms with Crippen LogP contribution in [0.3, 0.4) is 0 Å². The molecule has 3 rings (SSSR count). The molecule has 0 spiro atoms. The lowest BCUT2D eigenvalue weighted by molar-refractivity contribution is -0.193. The topological polar surface area (TPSA) is 191 Å². The number of rotatable bonds is 3. The van der Waals surface area contributed by atoms with E-state index in [1.54, 1.807) is 30.3 Å². The van der Waals surface area contributed by atoms with Gasteiger partial charge in [-0.25, -0.2) is 4.68 Å². The van der Waals surface area contributed by atoms with Crippen LogP contribution in [0.1, 0.15) is 45.0 Å². The zero-order chi connectivity index (χ0) is 29.7. The molecular formula is C26H34ClF3N6O5. The first-order chi connectivity index (χ1) is 17.8. The number of aryl methyl sites for hydroxylation is 2. The van der Waals surface area contributed by atoms with Crippen molar-refractivity contribution in [2.45, 2.75) is 48.2 Å². The molecule has 0 saturated carbocycles. The number of hydrogen-bond acceptors (Lipinski definition) is 10. The van der Waals surface area contributed by atoms with Crippen LogP contribution in [0.4, 0.5) is 24.7 Å². The summed E-state index contributed by atoms with van der Waals surface area (Å²) in [6.45, 7) is 5.32. The van der Waals surface area contributed by atoms with Crippen molar-refractivity contribution < 1.29 is 37.1 Å². The molecule has 0 radical (unpaired) electrons. The van der Waals surface area contributed by atoms with E-state index < -0.39 is 11.9 Å². The lowest BCUT2D eigenvalue weighted by Gasteiger charge is -2.04. The Bertz CT molecular complexity index is 1220. The standard InChI is InChI=1S/C11H10F3N3.C7H10N2.C4H5NO.2CO2.2CH4.ClH/c1-7-2-4-8(5-3-7)17-10(15)6-9(16-17)11(12,13)14;1-6-2-4-7(9-8)5-3-6;1-4(6)2-3-5;2*2-1-3;;;/h2-6H,15H2,1H3;2-5,9H,8H2,1H3;2H2,1H3;;;2*1H4;1H. The van der Waals surface area contributed by atoms with Gasteiger partial charge in [-0.15, -0.1) is 12.4 Å². The van der Waals surface area contributed by atoms with Gasteiger partial charge in [-0.1, -0.05) is 50.2 Å². The third kappa shape index (κ3) is 21.8. The van der Waals surface area contributed by atoms with Gasteiger partial charge in [0.25, 0.3) is 0 Å². The molecule has 0 atom stereocenters. The summed E-state index contributed by atoms with van der Waals surface area (Å²) < 4.78 is 38.4. The van der Waals surface area contributed by atoms with E-state index in [1.165, 1.54) is 12.5 Å². The number of aromatic nitrogens is 2. The van der Waals surface area contributed by atoms with Crippen LogP contribution in [0.5, 0.6) is 0 Å². The first-order valence-corrected chi connectivity index (χ1v) is 10.2. The maximum absolute atomic E-state index is 12.4. The fourth-order valence-electron chi connectivity index (χ4n) is 2.19. The second-order valence-electron chi connectivity index (χ2n) is 6.91. The van der Waals surface area contributed by atoms with Crippen LogP contribution in [-0.2, 0) is 30.1 Å². The van der Waals surface area contributed by atoms with Crippen molar-refractivity contribution in [3.63, 3.8) is 0 Å². The van der Waals surface area contributed by atoms with E-state index in [4.69, 9.17) is 36.0 Å². The minimum Gasteiger partial charge on any atom is -0.384 e. The van der Waals surface area contributed by atoms with Crippen LogP contribution in [-0.4, -0.2) is 27.9 Å². The first kappa shape index (κ1) is 46.1. The second-order valence-corrected chi connectivity index (χ2v) is 6.91. The number of Topliss-reactive ketones (excluding diaryl/α,β-unsaturated/α-hetero) is 1. The molecule has 0 aliphatic rings. The summed E-state index contributed by atoms with van der Waals surface area (Å²) in [6, 6.07) is 17.3. The Morgan fingerprint density at radius 2 is 1.34 bits per heavy atom. The maximum Gasteiger partial charge on any atom is 0.435 e. The smallest absolute Gasteiger partial charge is 0.384 e. The average Bonchev–Trinajstić information content (AvgIpc) is 3.24. The van der Waals surface area contributed by atoms with E-state index in [9.17, 15) is 18.0 Å². The number of nitrogens with two attached hydrogens (primary N) is 2. The number of nitrogens with zero attached hydrogens (tertiary/aromatic N) is 3. The third-order valence-electron chi connectivity index (χ3n) is 3.85. The number of ketones is 1. The zero-order valence-electron chi connectivity index (χ0n) is 21.0.